The second-order valence-corrected chi connectivity index (χ2v) is 5.56. The van der Waals surface area contributed by atoms with Crippen molar-refractivity contribution in [2.45, 2.75) is 25.1 Å². The molecule has 2 rings (SSSR count). The van der Waals surface area contributed by atoms with Gasteiger partial charge in [-0.1, -0.05) is 0 Å². The van der Waals surface area contributed by atoms with Crippen LogP contribution in [0.25, 0.3) is 0 Å². The molecule has 0 amide bonds. The fraction of sp³-hybridized carbons (Fsp3) is 0.625. The van der Waals surface area contributed by atoms with Gasteiger partial charge in [0.2, 0.25) is 0 Å². The predicted molar refractivity (Wildman–Crippen MR) is 82.0 cm³/mol. The van der Waals surface area contributed by atoms with Gasteiger partial charge in [-0.3, -0.25) is 4.90 Å². The maximum atomic E-state index is 12.7. The molecule has 0 bridgehead atoms. The summed E-state index contributed by atoms with van der Waals surface area (Å²) in [6.45, 7) is 2.97. The Morgan fingerprint density at radius 2 is 1.87 bits per heavy atom. The first kappa shape index (κ1) is 17.9. The third-order valence-electron chi connectivity index (χ3n) is 4.09. The molecule has 1 aliphatic heterocycles. The van der Waals surface area contributed by atoms with E-state index in [-0.39, 0.29) is 12.5 Å². The number of hydrogen-bond acceptors (Lipinski definition) is 4. The van der Waals surface area contributed by atoms with E-state index >= 15 is 0 Å². The summed E-state index contributed by atoms with van der Waals surface area (Å²) in [5, 5.41) is 3.22. The van der Waals surface area contributed by atoms with Crippen molar-refractivity contribution < 1.29 is 22.6 Å². The quantitative estimate of drug-likeness (QED) is 0.868. The molecule has 0 aromatic heterocycles. The van der Waals surface area contributed by atoms with Gasteiger partial charge in [0.25, 0.3) is 0 Å². The second-order valence-electron chi connectivity index (χ2n) is 5.56. The van der Waals surface area contributed by atoms with Crippen molar-refractivity contribution in [3.63, 3.8) is 0 Å². The molecule has 0 aliphatic carbocycles. The van der Waals surface area contributed by atoms with E-state index < -0.39 is 12.6 Å². The minimum atomic E-state index is -4.17. The van der Waals surface area contributed by atoms with Crippen molar-refractivity contribution in [1.82, 2.24) is 10.2 Å². The topological polar surface area (TPSA) is 33.7 Å². The summed E-state index contributed by atoms with van der Waals surface area (Å²) in [4.78, 5) is 2.08. The highest BCUT2D eigenvalue weighted by atomic mass is 19.4. The van der Waals surface area contributed by atoms with Crippen LogP contribution in [0.2, 0.25) is 0 Å². The summed E-state index contributed by atoms with van der Waals surface area (Å²) in [5.74, 6) is 1.21. The van der Waals surface area contributed by atoms with Crippen LogP contribution in [0.1, 0.15) is 24.4 Å². The Bertz CT molecular complexity index is 503. The summed E-state index contributed by atoms with van der Waals surface area (Å²) in [5.41, 5.74) is 0.748. The van der Waals surface area contributed by atoms with Gasteiger partial charge in [0, 0.05) is 44.2 Å². The van der Waals surface area contributed by atoms with Crippen LogP contribution in [0.15, 0.2) is 18.2 Å². The molecule has 4 nitrogen and oxygen atoms in total. The molecule has 1 heterocycles. The van der Waals surface area contributed by atoms with E-state index in [9.17, 15) is 13.2 Å². The number of benzene rings is 1. The van der Waals surface area contributed by atoms with Crippen molar-refractivity contribution in [3.05, 3.63) is 23.8 Å². The predicted octanol–water partition coefficient (Wildman–Crippen LogP) is 2.99. The third-order valence-corrected chi connectivity index (χ3v) is 4.09. The van der Waals surface area contributed by atoms with Gasteiger partial charge in [0.15, 0.2) is 0 Å². The highest BCUT2D eigenvalue weighted by Crippen LogP contribution is 2.37. The molecule has 7 heteroatoms. The minimum Gasteiger partial charge on any atom is -0.497 e. The van der Waals surface area contributed by atoms with Gasteiger partial charge < -0.3 is 14.8 Å². The number of halogens is 3. The van der Waals surface area contributed by atoms with E-state index in [4.69, 9.17) is 9.47 Å². The van der Waals surface area contributed by atoms with Gasteiger partial charge in [-0.15, -0.1) is 0 Å². The number of nitrogens with zero attached hydrogens (tertiary/aromatic N) is 1. The standard InChI is InChI=1S/C16H23F3N2O2/c1-22-12-3-4-15(23-2)13(11-12)14(5-6-16(17,18)19)21-9-7-20-8-10-21/h3-4,11,14,20H,5-10H2,1-2H3/t14-/m1/s1. The van der Waals surface area contributed by atoms with Gasteiger partial charge in [0.1, 0.15) is 11.5 Å². The maximum Gasteiger partial charge on any atom is 0.389 e. The van der Waals surface area contributed by atoms with Gasteiger partial charge in [0.05, 0.1) is 14.2 Å². The first-order valence-electron chi connectivity index (χ1n) is 7.68. The summed E-state index contributed by atoms with van der Waals surface area (Å²) < 4.78 is 48.8. The number of methoxy groups -OCH3 is 2. The lowest BCUT2D eigenvalue weighted by Gasteiger charge is -2.36. The summed E-state index contributed by atoms with van der Waals surface area (Å²) in [6, 6.07) is 4.93. The average Bonchev–Trinajstić information content (AvgIpc) is 2.55. The third kappa shape index (κ3) is 5.00. The molecule has 1 atom stereocenters. The molecule has 0 radical (unpaired) electrons. The molecular weight excluding hydrogens is 309 g/mol. The highest BCUT2D eigenvalue weighted by molar-refractivity contribution is 5.42. The minimum absolute atomic E-state index is 0.00697. The van der Waals surface area contributed by atoms with E-state index in [2.05, 4.69) is 10.2 Å². The van der Waals surface area contributed by atoms with Crippen molar-refractivity contribution in [2.75, 3.05) is 40.4 Å². The monoisotopic (exact) mass is 332 g/mol. The summed E-state index contributed by atoms with van der Waals surface area (Å²) in [7, 11) is 3.07. The fourth-order valence-corrected chi connectivity index (χ4v) is 2.93. The number of piperazine rings is 1. The van der Waals surface area contributed by atoms with Crippen molar-refractivity contribution in [1.29, 1.82) is 0 Å². The van der Waals surface area contributed by atoms with Crippen LogP contribution in [0.3, 0.4) is 0 Å². The first-order valence-corrected chi connectivity index (χ1v) is 7.68. The van der Waals surface area contributed by atoms with Crippen molar-refractivity contribution in [3.8, 4) is 11.5 Å². The van der Waals surface area contributed by atoms with Crippen LogP contribution < -0.4 is 14.8 Å². The molecule has 1 N–H and O–H groups in total. The maximum absolute atomic E-state index is 12.7. The van der Waals surface area contributed by atoms with Gasteiger partial charge in [-0.25, -0.2) is 0 Å². The van der Waals surface area contributed by atoms with E-state index in [1.165, 1.54) is 7.11 Å². The zero-order valence-corrected chi connectivity index (χ0v) is 13.4. The van der Waals surface area contributed by atoms with Crippen LogP contribution in [-0.4, -0.2) is 51.5 Å². The summed E-state index contributed by atoms with van der Waals surface area (Å²) in [6.07, 6.45) is -4.98. The van der Waals surface area contributed by atoms with Crippen LogP contribution in [-0.2, 0) is 0 Å². The van der Waals surface area contributed by atoms with Gasteiger partial charge in [-0.05, 0) is 24.6 Å². The SMILES string of the molecule is COc1ccc(OC)c([C@@H](CCC(F)(F)F)N2CCNCC2)c1. The molecule has 1 aromatic rings. The number of alkyl halides is 3. The molecule has 1 aliphatic rings. The van der Waals surface area contributed by atoms with Gasteiger partial charge >= 0.3 is 6.18 Å². The van der Waals surface area contributed by atoms with Crippen molar-refractivity contribution >= 4 is 0 Å². The lowest BCUT2D eigenvalue weighted by Crippen LogP contribution is -2.45. The number of rotatable bonds is 6. The van der Waals surface area contributed by atoms with Crippen LogP contribution in [0.4, 0.5) is 13.2 Å². The zero-order valence-electron chi connectivity index (χ0n) is 13.4. The van der Waals surface area contributed by atoms with E-state index in [1.807, 2.05) is 0 Å². The van der Waals surface area contributed by atoms with Gasteiger partial charge in [-0.2, -0.15) is 13.2 Å². The number of ether oxygens (including phenoxy) is 2. The lowest BCUT2D eigenvalue weighted by molar-refractivity contribution is -0.138. The van der Waals surface area contributed by atoms with Crippen LogP contribution in [0.5, 0.6) is 11.5 Å². The Balaban J connectivity index is 2.31. The first-order chi connectivity index (χ1) is 10.9. The molecule has 0 saturated carbocycles. The molecule has 0 spiro atoms. The Labute approximate surface area is 134 Å². The largest absolute Gasteiger partial charge is 0.497 e. The van der Waals surface area contributed by atoms with Crippen LogP contribution in [0, 0.1) is 0 Å². The molecule has 1 aromatic carbocycles. The number of nitrogens with one attached hydrogen (secondary N) is 1. The molecular formula is C16H23F3N2O2. The normalized spacial score (nSPS) is 17.8. The fourth-order valence-electron chi connectivity index (χ4n) is 2.93. The van der Waals surface area contributed by atoms with E-state index in [0.717, 1.165) is 18.7 Å². The average molecular weight is 332 g/mol. The van der Waals surface area contributed by atoms with Crippen molar-refractivity contribution in [2.24, 2.45) is 0 Å². The Kier molecular flexibility index (Phi) is 6.12. The molecule has 0 unspecified atom stereocenters. The second kappa shape index (κ2) is 7.88. The Morgan fingerprint density at radius 1 is 1.17 bits per heavy atom. The Hall–Kier alpha value is -1.47. The summed E-state index contributed by atoms with van der Waals surface area (Å²) >= 11 is 0. The lowest BCUT2D eigenvalue weighted by atomic mass is 9.98. The smallest absolute Gasteiger partial charge is 0.389 e. The van der Waals surface area contributed by atoms with Crippen LogP contribution >= 0.6 is 0 Å². The van der Waals surface area contributed by atoms with E-state index in [0.29, 0.717) is 24.6 Å². The molecule has 1 fully saturated rings. The molecule has 23 heavy (non-hydrogen) atoms. The number of hydrogen-bond donors (Lipinski definition) is 1. The highest BCUT2D eigenvalue weighted by Gasteiger charge is 2.32. The van der Waals surface area contributed by atoms with E-state index in [1.54, 1.807) is 25.3 Å². The molecule has 1 saturated heterocycles. The zero-order chi connectivity index (χ0) is 16.9. The molecule has 130 valence electrons. The Morgan fingerprint density at radius 3 is 2.43 bits per heavy atom.